The van der Waals surface area contributed by atoms with Gasteiger partial charge in [-0.1, -0.05) is 23.9 Å². The number of phenolic OH excluding ortho intramolecular Hbond substituents is 1. The number of carboxylic acids is 1. The Kier molecular flexibility index (Phi) is 3.57. The van der Waals surface area contributed by atoms with Crippen molar-refractivity contribution in [2.24, 2.45) is 0 Å². The van der Waals surface area contributed by atoms with Crippen molar-refractivity contribution in [1.29, 1.82) is 0 Å². The quantitative estimate of drug-likeness (QED) is 0.736. The Bertz CT molecular complexity index is 563. The Morgan fingerprint density at radius 3 is 2.61 bits per heavy atom. The van der Waals surface area contributed by atoms with Crippen LogP contribution in [0.4, 0.5) is 0 Å². The van der Waals surface area contributed by atoms with Crippen molar-refractivity contribution in [1.82, 2.24) is 9.97 Å². The Hall–Kier alpha value is -1.95. The number of aromatic hydroxyl groups is 1. The number of nitrogens with zero attached hydrogens (tertiary/aromatic N) is 1. The van der Waals surface area contributed by atoms with E-state index in [0.717, 1.165) is 5.56 Å². The van der Waals surface area contributed by atoms with Crippen LogP contribution < -0.4 is 0 Å². The fourth-order valence-corrected chi connectivity index (χ4v) is 2.01. The molecule has 0 fully saturated rings. The van der Waals surface area contributed by atoms with Crippen LogP contribution in [0.25, 0.3) is 0 Å². The molecular weight excluding hydrogens is 252 g/mol. The number of hydrogen-bond acceptors (Lipinski definition) is 4. The van der Waals surface area contributed by atoms with Crippen molar-refractivity contribution in [3.05, 3.63) is 41.2 Å². The van der Waals surface area contributed by atoms with Crippen LogP contribution in [-0.4, -0.2) is 32.4 Å². The minimum atomic E-state index is -1.04. The number of aromatic nitrogens is 2. The molecule has 0 radical (unpaired) electrons. The number of carbonyl (C=O) groups is 1. The second-order valence-electron chi connectivity index (χ2n) is 3.72. The number of hydrogen-bond donors (Lipinski definition) is 3. The Morgan fingerprint density at radius 2 is 2.06 bits per heavy atom. The van der Waals surface area contributed by atoms with Crippen molar-refractivity contribution >= 4 is 17.7 Å². The predicted molar refractivity (Wildman–Crippen MR) is 68.2 cm³/mol. The smallest absolute Gasteiger partial charge is 0.356 e. The zero-order chi connectivity index (χ0) is 13.1. The van der Waals surface area contributed by atoms with Crippen molar-refractivity contribution in [2.45, 2.75) is 11.6 Å². The number of H-pyrrole nitrogens is 1. The van der Waals surface area contributed by atoms with E-state index < -0.39 is 5.97 Å². The maximum atomic E-state index is 11.1. The van der Waals surface area contributed by atoms with Gasteiger partial charge in [0.1, 0.15) is 5.75 Å². The maximum Gasteiger partial charge on any atom is 0.356 e. The third-order valence-corrected chi connectivity index (χ3v) is 3.05. The minimum Gasteiger partial charge on any atom is -0.508 e. The number of thioether (sulfide) groups is 1. The first kappa shape index (κ1) is 12.5. The van der Waals surface area contributed by atoms with Crippen molar-refractivity contribution in [2.75, 3.05) is 6.26 Å². The van der Waals surface area contributed by atoms with Gasteiger partial charge in [0, 0.05) is 6.42 Å². The molecule has 0 aliphatic rings. The average molecular weight is 264 g/mol. The van der Waals surface area contributed by atoms with Gasteiger partial charge in [-0.15, -0.1) is 0 Å². The second-order valence-corrected chi connectivity index (χ2v) is 4.52. The van der Waals surface area contributed by atoms with E-state index >= 15 is 0 Å². The number of aromatic amines is 1. The molecule has 6 heteroatoms. The molecule has 0 aliphatic carbocycles. The summed E-state index contributed by atoms with van der Waals surface area (Å²) >= 11 is 1.36. The summed E-state index contributed by atoms with van der Waals surface area (Å²) in [5, 5.41) is 18.8. The first-order chi connectivity index (χ1) is 8.60. The lowest BCUT2D eigenvalue weighted by Gasteiger charge is -2.00. The van der Waals surface area contributed by atoms with E-state index in [0.29, 0.717) is 17.3 Å². The zero-order valence-corrected chi connectivity index (χ0v) is 10.5. The van der Waals surface area contributed by atoms with E-state index in [1.165, 1.54) is 11.8 Å². The molecule has 1 aromatic heterocycles. The minimum absolute atomic E-state index is 0.0485. The highest BCUT2D eigenvalue weighted by atomic mass is 32.2. The van der Waals surface area contributed by atoms with Crippen molar-refractivity contribution < 1.29 is 15.0 Å². The largest absolute Gasteiger partial charge is 0.508 e. The summed E-state index contributed by atoms with van der Waals surface area (Å²) in [5.41, 5.74) is 1.52. The SMILES string of the molecule is CSc1nc(C(=O)O)c(Cc2ccc(O)cc2)[nH]1. The molecule has 0 bridgehead atoms. The summed E-state index contributed by atoms with van der Waals surface area (Å²) in [6.45, 7) is 0. The third-order valence-electron chi connectivity index (χ3n) is 2.47. The molecule has 0 saturated carbocycles. The van der Waals surface area contributed by atoms with Gasteiger partial charge in [0.25, 0.3) is 0 Å². The predicted octanol–water partition coefficient (Wildman–Crippen LogP) is 2.13. The highest BCUT2D eigenvalue weighted by Crippen LogP contribution is 2.19. The number of phenols is 1. The standard InChI is InChI=1S/C12H12N2O3S/c1-18-12-13-9(10(14-12)11(16)17)6-7-2-4-8(15)5-3-7/h2-5,15H,6H2,1H3,(H,13,14)(H,16,17). The lowest BCUT2D eigenvalue weighted by molar-refractivity contribution is 0.0689. The van der Waals surface area contributed by atoms with Crippen LogP contribution in [0.3, 0.4) is 0 Å². The lowest BCUT2D eigenvalue weighted by atomic mass is 10.1. The lowest BCUT2D eigenvalue weighted by Crippen LogP contribution is -2.02. The molecule has 0 spiro atoms. The first-order valence-corrected chi connectivity index (χ1v) is 6.46. The Balaban J connectivity index is 2.30. The number of rotatable bonds is 4. The second kappa shape index (κ2) is 5.14. The molecule has 2 rings (SSSR count). The summed E-state index contributed by atoms with van der Waals surface area (Å²) in [4.78, 5) is 18.0. The first-order valence-electron chi connectivity index (χ1n) is 5.24. The monoisotopic (exact) mass is 264 g/mol. The average Bonchev–Trinajstić information content (AvgIpc) is 2.75. The maximum absolute atomic E-state index is 11.1. The van der Waals surface area contributed by atoms with E-state index in [4.69, 9.17) is 5.11 Å². The number of aromatic carboxylic acids is 1. The van der Waals surface area contributed by atoms with E-state index in [-0.39, 0.29) is 11.4 Å². The highest BCUT2D eigenvalue weighted by molar-refractivity contribution is 7.98. The molecule has 0 atom stereocenters. The molecule has 0 aliphatic heterocycles. The molecule has 0 saturated heterocycles. The van der Waals surface area contributed by atoms with Gasteiger partial charge in [-0.3, -0.25) is 0 Å². The Morgan fingerprint density at radius 1 is 1.39 bits per heavy atom. The van der Waals surface area contributed by atoms with E-state index in [2.05, 4.69) is 9.97 Å². The molecular formula is C12H12N2O3S. The van der Waals surface area contributed by atoms with Crippen molar-refractivity contribution in [3.8, 4) is 5.75 Å². The Labute approximate surface area is 108 Å². The van der Waals surface area contributed by atoms with Crippen LogP contribution in [0, 0.1) is 0 Å². The summed E-state index contributed by atoms with van der Waals surface area (Å²) in [5.74, 6) is -0.855. The molecule has 2 aromatic rings. The van der Waals surface area contributed by atoms with E-state index in [1.54, 1.807) is 24.3 Å². The summed E-state index contributed by atoms with van der Waals surface area (Å²) in [7, 11) is 0. The molecule has 94 valence electrons. The number of nitrogens with one attached hydrogen (secondary N) is 1. The molecule has 3 N–H and O–H groups in total. The van der Waals surface area contributed by atoms with Crippen LogP contribution in [0.15, 0.2) is 29.4 Å². The van der Waals surface area contributed by atoms with Gasteiger partial charge in [0.2, 0.25) is 0 Å². The van der Waals surface area contributed by atoms with E-state index in [9.17, 15) is 9.90 Å². The molecule has 1 aromatic carbocycles. The highest BCUT2D eigenvalue weighted by Gasteiger charge is 2.16. The van der Waals surface area contributed by atoms with Gasteiger partial charge in [0.05, 0.1) is 5.69 Å². The van der Waals surface area contributed by atoms with Crippen molar-refractivity contribution in [3.63, 3.8) is 0 Å². The van der Waals surface area contributed by atoms with Gasteiger partial charge in [-0.2, -0.15) is 0 Å². The molecule has 0 unspecified atom stereocenters. The van der Waals surface area contributed by atoms with Gasteiger partial charge >= 0.3 is 5.97 Å². The molecule has 5 nitrogen and oxygen atoms in total. The van der Waals surface area contributed by atoms with Crippen LogP contribution in [-0.2, 0) is 6.42 Å². The topological polar surface area (TPSA) is 86.2 Å². The summed E-state index contributed by atoms with van der Waals surface area (Å²) < 4.78 is 0. The normalized spacial score (nSPS) is 10.5. The van der Waals surface area contributed by atoms with Crippen LogP contribution in [0.2, 0.25) is 0 Å². The number of imidazole rings is 1. The zero-order valence-electron chi connectivity index (χ0n) is 9.67. The summed E-state index contributed by atoms with van der Waals surface area (Å²) in [6, 6.07) is 6.64. The van der Waals surface area contributed by atoms with Crippen LogP contribution in [0.5, 0.6) is 5.75 Å². The molecule has 18 heavy (non-hydrogen) atoms. The van der Waals surface area contributed by atoms with E-state index in [1.807, 2.05) is 6.26 Å². The third kappa shape index (κ3) is 2.65. The molecule has 0 amide bonds. The summed E-state index contributed by atoms with van der Waals surface area (Å²) in [6.07, 6.45) is 2.27. The molecule has 1 heterocycles. The fourth-order valence-electron chi connectivity index (χ4n) is 1.60. The number of benzene rings is 1. The van der Waals surface area contributed by atoms with Gasteiger partial charge < -0.3 is 15.2 Å². The fraction of sp³-hybridized carbons (Fsp3) is 0.167. The number of carboxylic acid groups (broad SMARTS) is 1. The van der Waals surface area contributed by atoms with Crippen LogP contribution in [0.1, 0.15) is 21.7 Å². The van der Waals surface area contributed by atoms with Crippen LogP contribution >= 0.6 is 11.8 Å². The van der Waals surface area contributed by atoms with Gasteiger partial charge in [0.15, 0.2) is 10.9 Å². The van der Waals surface area contributed by atoms with Gasteiger partial charge in [-0.05, 0) is 24.0 Å². The van der Waals surface area contributed by atoms with Gasteiger partial charge in [-0.25, -0.2) is 9.78 Å².